The Morgan fingerprint density at radius 2 is 2.53 bits per heavy atom. The number of nitrogens with one attached hydrogen (secondary N) is 1. The highest BCUT2D eigenvalue weighted by Gasteiger charge is 2.21. The van der Waals surface area contributed by atoms with Crippen LogP contribution in [0.3, 0.4) is 0 Å². The predicted molar refractivity (Wildman–Crippen MR) is 66.1 cm³/mol. The van der Waals surface area contributed by atoms with Crippen LogP contribution in [-0.4, -0.2) is 21.5 Å². The van der Waals surface area contributed by atoms with Gasteiger partial charge in [0.25, 0.3) is 5.91 Å². The summed E-state index contributed by atoms with van der Waals surface area (Å²) in [5.41, 5.74) is 0. The van der Waals surface area contributed by atoms with E-state index < -0.39 is 0 Å². The molecule has 1 aliphatic heterocycles. The Morgan fingerprint density at radius 1 is 1.59 bits per heavy atom. The van der Waals surface area contributed by atoms with Gasteiger partial charge in [0.1, 0.15) is 5.82 Å². The zero-order valence-electron chi connectivity index (χ0n) is 9.30. The molecule has 0 spiro atoms. The molecule has 1 aliphatic rings. The SMILES string of the molecule is O=C(NC1CCn2ccnc2C1)c1cccs1. The topological polar surface area (TPSA) is 46.9 Å². The number of aryl methyl sites for hydroxylation is 1. The Kier molecular flexibility index (Phi) is 2.68. The van der Waals surface area contributed by atoms with Crippen molar-refractivity contribution in [2.24, 2.45) is 0 Å². The maximum atomic E-state index is 11.9. The molecule has 0 aromatic carbocycles. The van der Waals surface area contributed by atoms with Crippen molar-refractivity contribution < 1.29 is 4.79 Å². The van der Waals surface area contributed by atoms with Gasteiger partial charge in [0.15, 0.2) is 0 Å². The molecule has 17 heavy (non-hydrogen) atoms. The number of amides is 1. The van der Waals surface area contributed by atoms with E-state index in [-0.39, 0.29) is 11.9 Å². The molecule has 1 unspecified atom stereocenters. The third-order valence-electron chi connectivity index (χ3n) is 3.03. The van der Waals surface area contributed by atoms with E-state index in [0.717, 1.165) is 30.1 Å². The van der Waals surface area contributed by atoms with E-state index in [4.69, 9.17) is 0 Å². The van der Waals surface area contributed by atoms with Crippen molar-refractivity contribution >= 4 is 17.2 Å². The number of aromatic nitrogens is 2. The van der Waals surface area contributed by atoms with Crippen molar-refractivity contribution in [3.63, 3.8) is 0 Å². The molecule has 0 radical (unpaired) electrons. The number of hydrogen-bond acceptors (Lipinski definition) is 3. The Hall–Kier alpha value is -1.62. The lowest BCUT2D eigenvalue weighted by molar-refractivity contribution is 0.0934. The van der Waals surface area contributed by atoms with Crippen LogP contribution in [0.25, 0.3) is 0 Å². The average molecular weight is 247 g/mol. The molecule has 0 fully saturated rings. The van der Waals surface area contributed by atoms with E-state index in [2.05, 4.69) is 14.9 Å². The minimum Gasteiger partial charge on any atom is -0.348 e. The van der Waals surface area contributed by atoms with Gasteiger partial charge in [-0.15, -0.1) is 11.3 Å². The number of fused-ring (bicyclic) bond motifs is 1. The van der Waals surface area contributed by atoms with Gasteiger partial charge in [-0.05, 0) is 17.9 Å². The van der Waals surface area contributed by atoms with E-state index in [0.29, 0.717) is 0 Å². The summed E-state index contributed by atoms with van der Waals surface area (Å²) in [5, 5.41) is 4.99. The van der Waals surface area contributed by atoms with Crippen molar-refractivity contribution in [2.45, 2.75) is 25.4 Å². The Balaban J connectivity index is 1.66. The highest BCUT2D eigenvalue weighted by atomic mass is 32.1. The van der Waals surface area contributed by atoms with Crippen LogP contribution in [0.2, 0.25) is 0 Å². The minimum atomic E-state index is 0.0324. The van der Waals surface area contributed by atoms with Crippen LogP contribution in [0, 0.1) is 0 Å². The van der Waals surface area contributed by atoms with Crippen molar-refractivity contribution in [3.8, 4) is 0 Å². The van der Waals surface area contributed by atoms with E-state index in [9.17, 15) is 4.79 Å². The molecular weight excluding hydrogens is 234 g/mol. The zero-order valence-corrected chi connectivity index (χ0v) is 10.1. The van der Waals surface area contributed by atoms with Crippen LogP contribution in [-0.2, 0) is 13.0 Å². The smallest absolute Gasteiger partial charge is 0.261 e. The first-order chi connectivity index (χ1) is 8.33. The summed E-state index contributed by atoms with van der Waals surface area (Å²) in [4.78, 5) is 17.0. The Labute approximate surface area is 103 Å². The molecule has 3 rings (SSSR count). The van der Waals surface area contributed by atoms with Gasteiger partial charge in [-0.25, -0.2) is 4.98 Å². The van der Waals surface area contributed by atoms with Crippen LogP contribution < -0.4 is 5.32 Å². The summed E-state index contributed by atoms with van der Waals surface area (Å²) in [6, 6.07) is 3.95. The number of rotatable bonds is 2. The summed E-state index contributed by atoms with van der Waals surface area (Å²) in [7, 11) is 0. The summed E-state index contributed by atoms with van der Waals surface area (Å²) < 4.78 is 2.15. The van der Waals surface area contributed by atoms with Gasteiger partial charge in [0, 0.05) is 31.4 Å². The molecule has 3 heterocycles. The van der Waals surface area contributed by atoms with Gasteiger partial charge >= 0.3 is 0 Å². The minimum absolute atomic E-state index is 0.0324. The molecule has 0 aliphatic carbocycles. The standard InChI is InChI=1S/C12H13N3OS/c16-12(10-2-1-7-17-10)14-9-3-5-15-6-4-13-11(15)8-9/h1-2,4,6-7,9H,3,5,8H2,(H,14,16). The van der Waals surface area contributed by atoms with Crippen molar-refractivity contribution in [1.82, 2.24) is 14.9 Å². The molecule has 5 heteroatoms. The lowest BCUT2D eigenvalue weighted by atomic mass is 10.1. The fourth-order valence-electron chi connectivity index (χ4n) is 2.14. The summed E-state index contributed by atoms with van der Waals surface area (Å²) in [6.45, 7) is 0.935. The highest BCUT2D eigenvalue weighted by molar-refractivity contribution is 7.12. The van der Waals surface area contributed by atoms with Crippen LogP contribution in [0.5, 0.6) is 0 Å². The maximum absolute atomic E-state index is 11.9. The second kappa shape index (κ2) is 4.33. The maximum Gasteiger partial charge on any atom is 0.261 e. The predicted octanol–water partition coefficient (Wildman–Crippen LogP) is 1.69. The number of imidazole rings is 1. The van der Waals surface area contributed by atoms with Crippen LogP contribution in [0.1, 0.15) is 21.9 Å². The monoisotopic (exact) mass is 247 g/mol. The summed E-state index contributed by atoms with van der Waals surface area (Å²) >= 11 is 1.47. The van der Waals surface area contributed by atoms with Gasteiger partial charge < -0.3 is 9.88 Å². The number of carbonyl (C=O) groups excluding carboxylic acids is 1. The van der Waals surface area contributed by atoms with Gasteiger partial charge in [-0.3, -0.25) is 4.79 Å². The molecule has 0 saturated carbocycles. The van der Waals surface area contributed by atoms with E-state index >= 15 is 0 Å². The van der Waals surface area contributed by atoms with Crippen LogP contribution in [0.4, 0.5) is 0 Å². The molecule has 2 aromatic heterocycles. The second-order valence-electron chi connectivity index (χ2n) is 4.18. The number of nitrogens with zero attached hydrogens (tertiary/aromatic N) is 2. The second-order valence-corrected chi connectivity index (χ2v) is 5.13. The first kappa shape index (κ1) is 10.5. The van der Waals surface area contributed by atoms with E-state index in [1.807, 2.05) is 29.9 Å². The largest absolute Gasteiger partial charge is 0.348 e. The third kappa shape index (κ3) is 2.10. The molecule has 4 nitrogen and oxygen atoms in total. The Bertz CT molecular complexity index is 518. The quantitative estimate of drug-likeness (QED) is 0.878. The third-order valence-corrected chi connectivity index (χ3v) is 3.90. The zero-order chi connectivity index (χ0) is 11.7. The Morgan fingerprint density at radius 3 is 3.35 bits per heavy atom. The lowest BCUT2D eigenvalue weighted by Gasteiger charge is -2.24. The average Bonchev–Trinajstić information content (AvgIpc) is 2.99. The molecular formula is C12H13N3OS. The number of hydrogen-bond donors (Lipinski definition) is 1. The first-order valence-corrected chi connectivity index (χ1v) is 6.55. The van der Waals surface area contributed by atoms with Crippen molar-refractivity contribution in [3.05, 3.63) is 40.6 Å². The van der Waals surface area contributed by atoms with Gasteiger partial charge in [-0.1, -0.05) is 6.07 Å². The molecule has 1 amide bonds. The van der Waals surface area contributed by atoms with E-state index in [1.54, 1.807) is 0 Å². The van der Waals surface area contributed by atoms with Gasteiger partial charge in [-0.2, -0.15) is 0 Å². The van der Waals surface area contributed by atoms with E-state index in [1.165, 1.54) is 11.3 Å². The molecule has 0 saturated heterocycles. The van der Waals surface area contributed by atoms with Crippen molar-refractivity contribution in [2.75, 3.05) is 0 Å². The number of carbonyl (C=O) groups is 1. The molecule has 1 N–H and O–H groups in total. The fourth-order valence-corrected chi connectivity index (χ4v) is 2.77. The molecule has 88 valence electrons. The molecule has 1 atom stereocenters. The van der Waals surface area contributed by atoms with Gasteiger partial charge in [0.2, 0.25) is 0 Å². The van der Waals surface area contributed by atoms with Crippen LogP contribution >= 0.6 is 11.3 Å². The first-order valence-electron chi connectivity index (χ1n) is 5.67. The number of thiophene rings is 1. The van der Waals surface area contributed by atoms with Crippen molar-refractivity contribution in [1.29, 1.82) is 0 Å². The lowest BCUT2D eigenvalue weighted by Crippen LogP contribution is -2.39. The molecule has 0 bridgehead atoms. The normalized spacial score (nSPS) is 18.7. The van der Waals surface area contributed by atoms with Gasteiger partial charge in [0.05, 0.1) is 4.88 Å². The summed E-state index contributed by atoms with van der Waals surface area (Å²) in [5.74, 6) is 1.10. The highest BCUT2D eigenvalue weighted by Crippen LogP contribution is 2.15. The summed E-state index contributed by atoms with van der Waals surface area (Å²) in [6.07, 6.45) is 5.61. The fraction of sp³-hybridized carbons (Fsp3) is 0.333. The molecule has 2 aromatic rings. The van der Waals surface area contributed by atoms with Crippen LogP contribution in [0.15, 0.2) is 29.9 Å².